The summed E-state index contributed by atoms with van der Waals surface area (Å²) >= 11 is 6.10. The van der Waals surface area contributed by atoms with E-state index in [9.17, 15) is 14.9 Å². The first-order chi connectivity index (χ1) is 12.6. The van der Waals surface area contributed by atoms with Gasteiger partial charge in [0, 0.05) is 28.8 Å². The Morgan fingerprint density at radius 1 is 1.30 bits per heavy atom. The maximum atomic E-state index is 11.3. The van der Waals surface area contributed by atoms with Gasteiger partial charge in [-0.3, -0.25) is 14.9 Å². The minimum atomic E-state index is -2.87. The molecule has 2 aromatic rings. The Hall–Kier alpha value is -2.58. The van der Waals surface area contributed by atoms with Crippen molar-refractivity contribution < 1.29 is 28.8 Å². The highest BCUT2D eigenvalue weighted by molar-refractivity contribution is 7.30. The Morgan fingerprint density at radius 2 is 1.93 bits per heavy atom. The van der Waals surface area contributed by atoms with E-state index in [4.69, 9.17) is 30.7 Å². The summed E-state index contributed by atoms with van der Waals surface area (Å²) in [6.07, 6.45) is 0. The van der Waals surface area contributed by atoms with Gasteiger partial charge >= 0.3 is 8.25 Å². The number of Topliss-reactive ketones (excluding diaryl/α,β-unsaturated/α-hetero) is 1. The van der Waals surface area contributed by atoms with Crippen molar-refractivity contribution in [3.63, 3.8) is 0 Å². The van der Waals surface area contributed by atoms with E-state index in [0.717, 1.165) is 0 Å². The molecule has 2 aromatic carbocycles. The van der Waals surface area contributed by atoms with Crippen molar-refractivity contribution in [1.29, 1.82) is 0 Å². The quantitative estimate of drug-likeness (QED) is 0.274. The summed E-state index contributed by atoms with van der Waals surface area (Å²) in [6, 6.07) is 9.12. The largest absolute Gasteiger partial charge is 0.692 e. The van der Waals surface area contributed by atoms with Crippen LogP contribution in [0.1, 0.15) is 24.2 Å². The highest BCUT2D eigenvalue weighted by Gasteiger charge is 2.15. The van der Waals surface area contributed by atoms with Gasteiger partial charge in [-0.05, 0) is 38.1 Å². The van der Waals surface area contributed by atoms with Crippen LogP contribution >= 0.6 is 19.9 Å². The topological polar surface area (TPSA) is 139 Å². The van der Waals surface area contributed by atoms with Crippen LogP contribution in [0.25, 0.3) is 0 Å². The number of nitrogens with zero attached hydrogens (tertiary/aromatic N) is 1. The second-order valence-electron chi connectivity index (χ2n) is 5.02. The highest BCUT2D eigenvalue weighted by Crippen LogP contribution is 2.34. The molecule has 9 nitrogen and oxygen atoms in total. The number of nitrogens with one attached hydrogen (secondary N) is 1. The number of hydrogen-bond donors (Lipinski definition) is 3. The van der Waals surface area contributed by atoms with Gasteiger partial charge in [-0.2, -0.15) is 0 Å². The molecule has 0 aliphatic heterocycles. The molecule has 0 saturated heterocycles. The van der Waals surface area contributed by atoms with E-state index in [1.165, 1.54) is 31.2 Å². The fourth-order valence-electron chi connectivity index (χ4n) is 2.00. The summed E-state index contributed by atoms with van der Waals surface area (Å²) in [5.41, 5.74) is 0.822. The molecule has 2 rings (SSSR count). The van der Waals surface area contributed by atoms with E-state index in [2.05, 4.69) is 5.32 Å². The number of carbonyl (C=O) groups excluding carboxylic acids is 1. The molecule has 0 aromatic heterocycles. The van der Waals surface area contributed by atoms with Crippen molar-refractivity contribution >= 4 is 37.0 Å². The predicted octanol–water partition coefficient (Wildman–Crippen LogP) is 4.30. The molecule has 0 atom stereocenters. The molecule has 0 fully saturated rings. The number of benzene rings is 2. The Bertz CT molecular complexity index is 857. The first-order valence-corrected chi connectivity index (χ1v) is 9.05. The van der Waals surface area contributed by atoms with Crippen LogP contribution in [0.2, 0.25) is 5.02 Å². The lowest BCUT2D eigenvalue weighted by Crippen LogP contribution is -2.01. The van der Waals surface area contributed by atoms with E-state index >= 15 is 0 Å². The van der Waals surface area contributed by atoms with Gasteiger partial charge in [0.25, 0.3) is 5.69 Å². The second kappa shape index (κ2) is 10.5. The fraction of sp³-hybridized carbons (Fsp3) is 0.188. The van der Waals surface area contributed by atoms with Crippen LogP contribution < -0.4 is 10.1 Å². The zero-order valence-corrected chi connectivity index (χ0v) is 16.0. The average molecular weight is 416 g/mol. The monoisotopic (exact) mass is 415 g/mol. The summed E-state index contributed by atoms with van der Waals surface area (Å²) in [7, 11) is -2.87. The lowest BCUT2D eigenvalue weighted by Gasteiger charge is -2.11. The van der Waals surface area contributed by atoms with Crippen LogP contribution in [0.15, 0.2) is 36.4 Å². The van der Waals surface area contributed by atoms with Crippen molar-refractivity contribution in [3.8, 4) is 11.5 Å². The number of rotatable bonds is 6. The second-order valence-corrected chi connectivity index (χ2v) is 5.94. The third-order valence-corrected chi connectivity index (χ3v) is 3.39. The maximum absolute atomic E-state index is 11.3. The molecule has 0 saturated carbocycles. The Labute approximate surface area is 160 Å². The van der Waals surface area contributed by atoms with E-state index < -0.39 is 13.2 Å². The predicted molar refractivity (Wildman–Crippen MR) is 101 cm³/mol. The van der Waals surface area contributed by atoms with Crippen LogP contribution in [0.5, 0.6) is 11.5 Å². The molecule has 0 aliphatic rings. The number of ketones is 1. The lowest BCUT2D eigenvalue weighted by molar-refractivity contribution is -0.384. The standard InChI is InChI=1S/C16H15ClN2O4.HO3P/c1-3-18-14-9-12(5-6-15(14)19(21)22)23-16-7-4-11(10(2)20)8-13(16)17;1-4(2)3/h4-9,18H,3H2,1-2H3;(H-,1,2,3)/p+1. The number of carbonyl (C=O) groups is 1. The molecule has 0 unspecified atom stereocenters. The number of ether oxygens (including phenoxy) is 1. The summed E-state index contributed by atoms with van der Waals surface area (Å²) < 4.78 is 14.4. The van der Waals surface area contributed by atoms with Gasteiger partial charge in [-0.25, -0.2) is 0 Å². The molecule has 0 aliphatic carbocycles. The normalized spacial score (nSPS) is 9.67. The molecule has 3 N–H and O–H groups in total. The van der Waals surface area contributed by atoms with Crippen molar-refractivity contribution in [1.82, 2.24) is 0 Å². The SMILES string of the molecule is CCNc1cc(Oc2ccc(C(C)=O)cc2Cl)ccc1[N+](=O)[O-].O=[P+](O)O. The molecular weight excluding hydrogens is 399 g/mol. The summed E-state index contributed by atoms with van der Waals surface area (Å²) in [4.78, 5) is 36.1. The smallest absolute Gasteiger partial charge is 0.456 e. The van der Waals surface area contributed by atoms with Gasteiger partial charge in [-0.15, -0.1) is 9.79 Å². The third-order valence-electron chi connectivity index (χ3n) is 3.10. The molecular formula is C16H17ClN2O7P+. The van der Waals surface area contributed by atoms with E-state index in [1.807, 2.05) is 6.92 Å². The van der Waals surface area contributed by atoms with Crippen molar-refractivity contribution in [3.05, 3.63) is 57.1 Å². The number of hydrogen-bond acceptors (Lipinski definition) is 6. The van der Waals surface area contributed by atoms with Gasteiger partial charge in [-0.1, -0.05) is 11.6 Å². The third kappa shape index (κ3) is 7.28. The Morgan fingerprint density at radius 3 is 2.41 bits per heavy atom. The van der Waals surface area contributed by atoms with Crippen LogP contribution in [0, 0.1) is 10.1 Å². The van der Waals surface area contributed by atoms with Gasteiger partial charge in [0.2, 0.25) is 0 Å². The number of nitro benzene ring substituents is 1. The van der Waals surface area contributed by atoms with Gasteiger partial charge in [0.15, 0.2) is 5.78 Å². The average Bonchev–Trinajstić information content (AvgIpc) is 2.56. The molecule has 0 spiro atoms. The lowest BCUT2D eigenvalue weighted by atomic mass is 10.1. The molecule has 144 valence electrons. The number of anilines is 1. The zero-order valence-electron chi connectivity index (χ0n) is 14.4. The van der Waals surface area contributed by atoms with Crippen molar-refractivity contribution in [2.75, 3.05) is 11.9 Å². The molecule has 0 bridgehead atoms. The van der Waals surface area contributed by atoms with E-state index in [1.54, 1.807) is 12.1 Å². The number of halogens is 1. The van der Waals surface area contributed by atoms with Crippen LogP contribution in [0.3, 0.4) is 0 Å². The molecule has 0 radical (unpaired) electrons. The zero-order chi connectivity index (χ0) is 20.6. The minimum Gasteiger partial charge on any atom is -0.456 e. The van der Waals surface area contributed by atoms with Crippen LogP contribution in [0.4, 0.5) is 11.4 Å². The van der Waals surface area contributed by atoms with E-state index in [-0.39, 0.29) is 11.5 Å². The van der Waals surface area contributed by atoms with Gasteiger partial charge in [0.05, 0.1) is 9.95 Å². The van der Waals surface area contributed by atoms with Gasteiger partial charge < -0.3 is 10.1 Å². The Balaban J connectivity index is 0.000000828. The van der Waals surface area contributed by atoms with Gasteiger partial charge in [0.1, 0.15) is 17.2 Å². The summed E-state index contributed by atoms with van der Waals surface area (Å²) in [6.45, 7) is 3.83. The van der Waals surface area contributed by atoms with Crippen molar-refractivity contribution in [2.24, 2.45) is 0 Å². The summed E-state index contributed by atoms with van der Waals surface area (Å²) in [5.74, 6) is 0.681. The number of nitro groups is 1. The molecule has 11 heteroatoms. The van der Waals surface area contributed by atoms with Crippen LogP contribution in [-0.2, 0) is 4.57 Å². The van der Waals surface area contributed by atoms with E-state index in [0.29, 0.717) is 34.3 Å². The highest BCUT2D eigenvalue weighted by atomic mass is 35.5. The molecule has 27 heavy (non-hydrogen) atoms. The first-order valence-electron chi connectivity index (χ1n) is 7.51. The van der Waals surface area contributed by atoms with Crippen molar-refractivity contribution in [2.45, 2.75) is 13.8 Å². The summed E-state index contributed by atoms with van der Waals surface area (Å²) in [5, 5.41) is 14.2. The minimum absolute atomic E-state index is 0.0303. The molecule has 0 heterocycles. The first kappa shape index (κ1) is 22.5. The Kier molecular flexibility index (Phi) is 8.77. The molecule has 0 amide bonds. The van der Waals surface area contributed by atoms with Crippen LogP contribution in [-0.4, -0.2) is 27.0 Å². The maximum Gasteiger partial charge on any atom is 0.692 e. The fourth-order valence-corrected chi connectivity index (χ4v) is 2.22.